The number of halogens is 1. The van der Waals surface area contributed by atoms with Crippen LogP contribution in [0.5, 0.6) is 5.75 Å². The van der Waals surface area contributed by atoms with Gasteiger partial charge in [0.2, 0.25) is 0 Å². The van der Waals surface area contributed by atoms with Crippen molar-refractivity contribution in [3.63, 3.8) is 0 Å². The second-order valence-corrected chi connectivity index (χ2v) is 9.26. The van der Waals surface area contributed by atoms with E-state index in [1.807, 2.05) is 30.5 Å². The van der Waals surface area contributed by atoms with Gasteiger partial charge in [-0.25, -0.2) is 4.98 Å². The lowest BCUT2D eigenvalue weighted by Gasteiger charge is -2.18. The van der Waals surface area contributed by atoms with Crippen molar-refractivity contribution in [2.24, 2.45) is 0 Å². The molecule has 29 heavy (non-hydrogen) atoms. The Kier molecular flexibility index (Phi) is 5.72. The van der Waals surface area contributed by atoms with E-state index in [4.69, 9.17) is 16.3 Å². The van der Waals surface area contributed by atoms with E-state index >= 15 is 0 Å². The average Bonchev–Trinajstić information content (AvgIpc) is 3.25. The Balaban J connectivity index is 1.50. The van der Waals surface area contributed by atoms with Crippen molar-refractivity contribution in [1.29, 1.82) is 0 Å². The molecule has 0 aliphatic heterocycles. The van der Waals surface area contributed by atoms with Crippen molar-refractivity contribution in [3.8, 4) is 5.75 Å². The van der Waals surface area contributed by atoms with Crippen LogP contribution in [0.15, 0.2) is 35.7 Å². The first-order valence-electron chi connectivity index (χ1n) is 9.20. The van der Waals surface area contributed by atoms with Crippen LogP contribution in [0, 0.1) is 6.92 Å². The molecule has 1 amide bonds. The second kappa shape index (κ2) is 8.26. The smallest absolute Gasteiger partial charge is 0.270 e. The Morgan fingerprint density at radius 2 is 2.10 bits per heavy atom. The number of ketones is 1. The summed E-state index contributed by atoms with van der Waals surface area (Å²) in [5.74, 6) is 0.590. The first-order chi connectivity index (χ1) is 13.9. The van der Waals surface area contributed by atoms with E-state index in [1.165, 1.54) is 29.6 Å². The minimum absolute atomic E-state index is 0.0222. The zero-order chi connectivity index (χ0) is 20.5. The lowest BCUT2D eigenvalue weighted by molar-refractivity contribution is 0.0986. The molecule has 4 rings (SSSR count). The number of hydrogen-bond acceptors (Lipinski definition) is 6. The van der Waals surface area contributed by atoms with Crippen LogP contribution in [0.4, 0.5) is 5.13 Å². The summed E-state index contributed by atoms with van der Waals surface area (Å²) in [6.07, 6.45) is 1.91. The first kappa shape index (κ1) is 20.1. The number of Topliss-reactive ketones (excluding diaryl/α,β-unsaturated/α-hetero) is 1. The standard InChI is InChI=1S/C21H19ClN2O3S2/c1-12-19(13(2)25)29-21(23-12)24(16-6-7-16)20(26)18-8-14(11-28-18)10-27-17-5-3-4-15(22)9-17/h3-5,8-9,11,16H,6-7,10H2,1-2H3. The van der Waals surface area contributed by atoms with Gasteiger partial charge in [0.1, 0.15) is 12.4 Å². The molecule has 1 aliphatic rings. The van der Waals surface area contributed by atoms with Crippen LogP contribution in [0.25, 0.3) is 0 Å². The maximum absolute atomic E-state index is 13.2. The summed E-state index contributed by atoms with van der Waals surface area (Å²) in [5.41, 5.74) is 1.60. The third kappa shape index (κ3) is 4.52. The topological polar surface area (TPSA) is 59.5 Å². The number of aromatic nitrogens is 1. The van der Waals surface area contributed by atoms with Crippen molar-refractivity contribution < 1.29 is 14.3 Å². The van der Waals surface area contributed by atoms with Crippen molar-refractivity contribution in [2.45, 2.75) is 39.3 Å². The zero-order valence-corrected chi connectivity index (χ0v) is 18.4. The lowest BCUT2D eigenvalue weighted by Crippen LogP contribution is -2.32. The number of aryl methyl sites for hydroxylation is 1. The summed E-state index contributed by atoms with van der Waals surface area (Å²) >= 11 is 8.67. The molecule has 1 aromatic carbocycles. The predicted octanol–water partition coefficient (Wildman–Crippen LogP) is 5.76. The Labute approximate surface area is 181 Å². The van der Waals surface area contributed by atoms with E-state index in [2.05, 4.69) is 4.98 Å². The van der Waals surface area contributed by atoms with Crippen molar-refractivity contribution in [2.75, 3.05) is 4.90 Å². The molecule has 2 heterocycles. The number of thiazole rings is 1. The highest BCUT2D eigenvalue weighted by molar-refractivity contribution is 7.18. The molecule has 0 spiro atoms. The summed E-state index contributed by atoms with van der Waals surface area (Å²) in [4.78, 5) is 32.5. The van der Waals surface area contributed by atoms with Crippen LogP contribution in [0.2, 0.25) is 5.02 Å². The Bertz CT molecular complexity index is 1070. The quantitative estimate of drug-likeness (QED) is 0.433. The van der Waals surface area contributed by atoms with Crippen LogP contribution >= 0.6 is 34.3 Å². The van der Waals surface area contributed by atoms with Gasteiger partial charge in [-0.15, -0.1) is 11.3 Å². The summed E-state index contributed by atoms with van der Waals surface area (Å²) in [6, 6.07) is 9.24. The molecular weight excluding hydrogens is 428 g/mol. The molecule has 1 aliphatic carbocycles. The summed E-state index contributed by atoms with van der Waals surface area (Å²) in [6.45, 7) is 3.69. The van der Waals surface area contributed by atoms with Gasteiger partial charge in [-0.05, 0) is 49.4 Å². The van der Waals surface area contributed by atoms with E-state index in [0.29, 0.717) is 38.0 Å². The minimum atomic E-state index is -0.0737. The molecule has 3 aromatic rings. The van der Waals surface area contributed by atoms with E-state index < -0.39 is 0 Å². The Morgan fingerprint density at radius 1 is 1.31 bits per heavy atom. The van der Waals surface area contributed by atoms with Gasteiger partial charge in [0.25, 0.3) is 5.91 Å². The van der Waals surface area contributed by atoms with Gasteiger partial charge in [-0.1, -0.05) is 29.0 Å². The van der Waals surface area contributed by atoms with Gasteiger partial charge in [0.05, 0.1) is 15.4 Å². The van der Waals surface area contributed by atoms with Crippen LogP contribution in [-0.2, 0) is 6.61 Å². The van der Waals surface area contributed by atoms with Crippen molar-refractivity contribution >= 4 is 51.1 Å². The van der Waals surface area contributed by atoms with Gasteiger partial charge >= 0.3 is 0 Å². The lowest BCUT2D eigenvalue weighted by atomic mass is 10.3. The molecule has 0 bridgehead atoms. The maximum atomic E-state index is 13.2. The number of nitrogens with zero attached hydrogens (tertiary/aromatic N) is 2. The number of hydrogen-bond donors (Lipinski definition) is 0. The van der Waals surface area contributed by atoms with Crippen LogP contribution < -0.4 is 9.64 Å². The first-order valence-corrected chi connectivity index (χ1v) is 11.3. The molecular formula is C21H19ClN2O3S2. The number of carbonyl (C=O) groups excluding carboxylic acids is 2. The monoisotopic (exact) mass is 446 g/mol. The van der Waals surface area contributed by atoms with Crippen LogP contribution in [0.1, 0.15) is 50.4 Å². The number of thiophene rings is 1. The highest BCUT2D eigenvalue weighted by Gasteiger charge is 2.37. The van der Waals surface area contributed by atoms with Gasteiger partial charge in [-0.2, -0.15) is 0 Å². The number of carbonyl (C=O) groups is 2. The maximum Gasteiger partial charge on any atom is 0.270 e. The summed E-state index contributed by atoms with van der Waals surface area (Å²) < 4.78 is 5.77. The molecule has 0 unspecified atom stereocenters. The highest BCUT2D eigenvalue weighted by Crippen LogP contribution is 2.37. The van der Waals surface area contributed by atoms with E-state index in [9.17, 15) is 9.59 Å². The molecule has 0 radical (unpaired) electrons. The van der Waals surface area contributed by atoms with Gasteiger partial charge in [0, 0.05) is 23.6 Å². The Morgan fingerprint density at radius 3 is 2.76 bits per heavy atom. The third-order valence-corrected chi connectivity index (χ3v) is 6.97. The zero-order valence-electron chi connectivity index (χ0n) is 16.0. The third-order valence-electron chi connectivity index (χ3n) is 4.51. The number of benzene rings is 1. The number of amides is 1. The Hall–Kier alpha value is -2.22. The minimum Gasteiger partial charge on any atom is -0.489 e. The fourth-order valence-electron chi connectivity index (χ4n) is 2.96. The summed E-state index contributed by atoms with van der Waals surface area (Å²) in [5, 5.41) is 3.15. The molecule has 0 saturated heterocycles. The fraction of sp³-hybridized carbons (Fsp3) is 0.286. The normalized spacial score (nSPS) is 13.3. The van der Waals surface area contributed by atoms with E-state index in [0.717, 1.165) is 18.4 Å². The van der Waals surface area contributed by atoms with E-state index in [1.54, 1.807) is 17.0 Å². The second-order valence-electron chi connectivity index (χ2n) is 6.94. The predicted molar refractivity (Wildman–Crippen MR) is 117 cm³/mol. The summed E-state index contributed by atoms with van der Waals surface area (Å²) in [7, 11) is 0. The van der Waals surface area contributed by atoms with Gasteiger partial charge < -0.3 is 4.74 Å². The number of rotatable bonds is 7. The molecule has 1 fully saturated rings. The SMILES string of the molecule is CC(=O)c1sc(N(C(=O)c2cc(COc3cccc(Cl)c3)cs2)C2CC2)nc1C. The molecule has 150 valence electrons. The average molecular weight is 447 g/mol. The van der Waals surface area contributed by atoms with Crippen molar-refractivity contribution in [3.05, 3.63) is 61.7 Å². The molecule has 1 saturated carbocycles. The van der Waals surface area contributed by atoms with Gasteiger partial charge in [0.15, 0.2) is 10.9 Å². The van der Waals surface area contributed by atoms with E-state index in [-0.39, 0.29) is 17.7 Å². The largest absolute Gasteiger partial charge is 0.489 e. The molecule has 8 heteroatoms. The van der Waals surface area contributed by atoms with Crippen LogP contribution in [-0.4, -0.2) is 22.7 Å². The number of anilines is 1. The molecule has 2 aromatic heterocycles. The fourth-order valence-corrected chi connectivity index (χ4v) is 5.00. The number of ether oxygens (including phenoxy) is 1. The molecule has 0 atom stereocenters. The molecule has 5 nitrogen and oxygen atoms in total. The van der Waals surface area contributed by atoms with Crippen LogP contribution in [0.3, 0.4) is 0 Å². The van der Waals surface area contributed by atoms with Crippen molar-refractivity contribution in [1.82, 2.24) is 4.98 Å². The molecule has 0 N–H and O–H groups in total. The highest BCUT2D eigenvalue weighted by atomic mass is 35.5. The van der Waals surface area contributed by atoms with Gasteiger partial charge in [-0.3, -0.25) is 14.5 Å².